The highest BCUT2D eigenvalue weighted by molar-refractivity contribution is 6.11. The van der Waals surface area contributed by atoms with E-state index in [4.69, 9.17) is 14.2 Å². The van der Waals surface area contributed by atoms with Crippen molar-refractivity contribution in [2.45, 2.75) is 45.4 Å². The third-order valence-electron chi connectivity index (χ3n) is 5.32. The summed E-state index contributed by atoms with van der Waals surface area (Å²) < 4.78 is 16.3. The molecule has 1 aliphatic carbocycles. The largest absolute Gasteiger partial charge is 0.493 e. The van der Waals surface area contributed by atoms with Crippen LogP contribution in [-0.4, -0.2) is 38.3 Å². The Morgan fingerprint density at radius 3 is 2.64 bits per heavy atom. The minimum absolute atomic E-state index is 0.120. The van der Waals surface area contributed by atoms with Gasteiger partial charge in [0.2, 0.25) is 0 Å². The highest BCUT2D eigenvalue weighted by Crippen LogP contribution is 2.44. The molecule has 1 heterocycles. The molecule has 2 aliphatic rings. The number of fused-ring (bicyclic) bond motifs is 1. The van der Waals surface area contributed by atoms with E-state index in [9.17, 15) is 9.59 Å². The maximum Gasteiger partial charge on any atom is 0.336 e. The van der Waals surface area contributed by atoms with Gasteiger partial charge in [0.05, 0.1) is 32.3 Å². The number of Topliss-reactive ketones (excluding diaryl/α,β-unsaturated/α-hetero) is 1. The quantitative estimate of drug-likeness (QED) is 0.696. The summed E-state index contributed by atoms with van der Waals surface area (Å²) >= 11 is 0. The van der Waals surface area contributed by atoms with Crippen LogP contribution >= 0.6 is 0 Å². The first-order valence-electron chi connectivity index (χ1n) is 9.71. The van der Waals surface area contributed by atoms with Gasteiger partial charge in [0, 0.05) is 23.7 Å². The molecule has 0 bridgehead atoms. The first-order valence-corrected chi connectivity index (χ1v) is 9.71. The molecule has 1 aromatic rings. The van der Waals surface area contributed by atoms with Crippen LogP contribution in [-0.2, 0) is 14.3 Å². The second-order valence-electron chi connectivity index (χ2n) is 7.13. The summed E-state index contributed by atoms with van der Waals surface area (Å²) in [5.74, 6) is 0.0388. The lowest BCUT2D eigenvalue weighted by molar-refractivity contribution is -0.136. The van der Waals surface area contributed by atoms with Gasteiger partial charge >= 0.3 is 5.97 Å². The number of ketones is 1. The molecule has 2 atom stereocenters. The van der Waals surface area contributed by atoms with E-state index < -0.39 is 17.8 Å². The summed E-state index contributed by atoms with van der Waals surface area (Å²) in [5, 5.41) is 0. The Balaban J connectivity index is 2.11. The number of hydrogen-bond acceptors (Lipinski definition) is 6. The predicted octanol–water partition coefficient (Wildman–Crippen LogP) is 3.84. The Labute approximate surface area is 165 Å². The molecule has 1 fully saturated rings. The number of carbonyl (C=O) groups excluding carboxylic acids is 2. The zero-order valence-corrected chi connectivity index (χ0v) is 16.9. The van der Waals surface area contributed by atoms with Gasteiger partial charge in [-0.25, -0.2) is 4.79 Å². The number of ether oxygens (including phenoxy) is 3. The molecule has 150 valence electrons. The third kappa shape index (κ3) is 3.68. The standard InChI is InChI=1S/C22H27NO5/c1-5-11-28-17-10-9-14(12-18(17)26-3)20-19(22(25)27-4)13(2)23-15-7-6-8-16(24)21(15)20/h9-10,12,20-21H,5-8,11H2,1-4H3/t20-,21?/m0/s1. The van der Waals surface area contributed by atoms with E-state index in [-0.39, 0.29) is 5.78 Å². The summed E-state index contributed by atoms with van der Waals surface area (Å²) in [6.45, 7) is 4.43. The van der Waals surface area contributed by atoms with E-state index in [1.165, 1.54) is 7.11 Å². The fourth-order valence-corrected chi connectivity index (χ4v) is 4.06. The average Bonchev–Trinajstić information content (AvgIpc) is 2.70. The van der Waals surface area contributed by atoms with Gasteiger partial charge in [-0.05, 0) is 43.9 Å². The molecule has 0 amide bonds. The van der Waals surface area contributed by atoms with Crippen molar-refractivity contribution in [3.63, 3.8) is 0 Å². The molecule has 28 heavy (non-hydrogen) atoms. The molecule has 1 saturated carbocycles. The minimum Gasteiger partial charge on any atom is -0.493 e. The highest BCUT2D eigenvalue weighted by atomic mass is 16.5. The summed E-state index contributed by atoms with van der Waals surface area (Å²) in [5.41, 5.74) is 2.74. The van der Waals surface area contributed by atoms with Crippen molar-refractivity contribution in [2.75, 3.05) is 20.8 Å². The van der Waals surface area contributed by atoms with Crippen molar-refractivity contribution in [3.8, 4) is 11.5 Å². The number of rotatable bonds is 6. The Morgan fingerprint density at radius 1 is 1.18 bits per heavy atom. The highest BCUT2D eigenvalue weighted by Gasteiger charge is 2.43. The van der Waals surface area contributed by atoms with Crippen molar-refractivity contribution in [1.29, 1.82) is 0 Å². The van der Waals surface area contributed by atoms with Crippen LogP contribution in [0.4, 0.5) is 0 Å². The fraction of sp³-hybridized carbons (Fsp3) is 0.500. The summed E-state index contributed by atoms with van der Waals surface area (Å²) in [6, 6.07) is 5.60. The SMILES string of the molecule is CCCOc1ccc([C@H]2C(C(=O)OC)=C(C)N=C3CCCC(=O)C32)cc1OC. The molecular weight excluding hydrogens is 358 g/mol. The lowest BCUT2D eigenvalue weighted by Crippen LogP contribution is -2.39. The maximum absolute atomic E-state index is 12.8. The molecule has 1 unspecified atom stereocenters. The molecule has 6 nitrogen and oxygen atoms in total. The summed E-state index contributed by atoms with van der Waals surface area (Å²) in [4.78, 5) is 30.0. The average molecular weight is 385 g/mol. The summed E-state index contributed by atoms with van der Waals surface area (Å²) in [6.07, 6.45) is 2.96. The normalized spacial score (nSPS) is 21.7. The van der Waals surface area contributed by atoms with Gasteiger partial charge in [0.15, 0.2) is 11.5 Å². The number of methoxy groups -OCH3 is 2. The molecule has 0 radical (unpaired) electrons. The lowest BCUT2D eigenvalue weighted by atomic mass is 9.69. The third-order valence-corrected chi connectivity index (χ3v) is 5.32. The van der Waals surface area contributed by atoms with E-state index in [1.807, 2.05) is 25.1 Å². The maximum atomic E-state index is 12.8. The Morgan fingerprint density at radius 2 is 1.96 bits per heavy atom. The fourth-order valence-electron chi connectivity index (χ4n) is 4.06. The van der Waals surface area contributed by atoms with Crippen LogP contribution in [0.1, 0.15) is 51.0 Å². The van der Waals surface area contributed by atoms with Crippen LogP contribution in [0, 0.1) is 5.92 Å². The number of nitrogens with zero attached hydrogens (tertiary/aromatic N) is 1. The van der Waals surface area contributed by atoms with Crippen LogP contribution in [0.15, 0.2) is 34.5 Å². The first-order chi connectivity index (χ1) is 13.5. The van der Waals surface area contributed by atoms with Crippen molar-refractivity contribution < 1.29 is 23.8 Å². The van der Waals surface area contributed by atoms with Crippen LogP contribution in [0.3, 0.4) is 0 Å². The molecule has 6 heteroatoms. The molecule has 1 aromatic carbocycles. The van der Waals surface area contributed by atoms with Gasteiger partial charge in [-0.3, -0.25) is 9.79 Å². The van der Waals surface area contributed by atoms with Crippen molar-refractivity contribution in [1.82, 2.24) is 0 Å². The van der Waals surface area contributed by atoms with E-state index in [1.54, 1.807) is 14.0 Å². The van der Waals surface area contributed by atoms with E-state index in [0.29, 0.717) is 35.8 Å². The number of esters is 1. The Kier molecular flexibility index (Phi) is 6.17. The van der Waals surface area contributed by atoms with Gasteiger partial charge in [0.25, 0.3) is 0 Å². The molecule has 0 spiro atoms. The van der Waals surface area contributed by atoms with Crippen LogP contribution < -0.4 is 9.47 Å². The Hall–Kier alpha value is -2.63. The molecular formula is C22H27NO5. The van der Waals surface area contributed by atoms with Gasteiger partial charge in [-0.15, -0.1) is 0 Å². The van der Waals surface area contributed by atoms with E-state index in [0.717, 1.165) is 30.5 Å². The number of aliphatic imine (C=N–C) groups is 1. The first kappa shape index (κ1) is 20.1. The number of allylic oxidation sites excluding steroid dienone is 1. The zero-order chi connectivity index (χ0) is 20.3. The minimum atomic E-state index is -0.450. The Bertz CT molecular complexity index is 839. The smallest absolute Gasteiger partial charge is 0.336 e. The van der Waals surface area contributed by atoms with Crippen LogP contribution in [0.5, 0.6) is 11.5 Å². The van der Waals surface area contributed by atoms with Crippen LogP contribution in [0.2, 0.25) is 0 Å². The number of benzene rings is 1. The number of carbonyl (C=O) groups is 2. The lowest BCUT2D eigenvalue weighted by Gasteiger charge is -2.35. The van der Waals surface area contributed by atoms with Gasteiger partial charge in [0.1, 0.15) is 5.78 Å². The molecule has 0 N–H and O–H groups in total. The second-order valence-corrected chi connectivity index (χ2v) is 7.13. The van der Waals surface area contributed by atoms with Gasteiger partial charge in [-0.2, -0.15) is 0 Å². The van der Waals surface area contributed by atoms with Gasteiger partial charge < -0.3 is 14.2 Å². The van der Waals surface area contributed by atoms with Crippen LogP contribution in [0.25, 0.3) is 0 Å². The topological polar surface area (TPSA) is 74.2 Å². The second kappa shape index (κ2) is 8.59. The van der Waals surface area contributed by atoms with Gasteiger partial charge in [-0.1, -0.05) is 13.0 Å². The van der Waals surface area contributed by atoms with E-state index >= 15 is 0 Å². The summed E-state index contributed by atoms with van der Waals surface area (Å²) in [7, 11) is 2.93. The van der Waals surface area contributed by atoms with Crippen molar-refractivity contribution in [2.24, 2.45) is 10.9 Å². The van der Waals surface area contributed by atoms with Crippen molar-refractivity contribution >= 4 is 17.5 Å². The molecule has 0 aromatic heterocycles. The van der Waals surface area contributed by atoms with Crippen molar-refractivity contribution in [3.05, 3.63) is 35.0 Å². The number of hydrogen-bond donors (Lipinski definition) is 0. The molecule has 0 saturated heterocycles. The zero-order valence-electron chi connectivity index (χ0n) is 16.9. The van der Waals surface area contributed by atoms with E-state index in [2.05, 4.69) is 4.99 Å². The predicted molar refractivity (Wildman–Crippen MR) is 106 cm³/mol. The monoisotopic (exact) mass is 385 g/mol. The molecule has 1 aliphatic heterocycles. The molecule has 3 rings (SSSR count).